The average Bonchev–Trinajstić information content (AvgIpc) is 3.22. The first kappa shape index (κ1) is 23.3. The molecule has 36 heavy (non-hydrogen) atoms. The van der Waals surface area contributed by atoms with Crippen molar-refractivity contribution in [1.29, 1.82) is 0 Å². The molecule has 3 aromatic rings. The highest BCUT2D eigenvalue weighted by molar-refractivity contribution is 6.15. The highest BCUT2D eigenvalue weighted by atomic mass is 16.5. The smallest absolute Gasteiger partial charge is 0.312 e. The molecule has 8 heteroatoms. The minimum Gasteiger partial charge on any atom is -0.496 e. The quantitative estimate of drug-likeness (QED) is 0.278. The molecule has 2 aliphatic rings. The molecule has 184 valence electrons. The van der Waals surface area contributed by atoms with Crippen LogP contribution in [0.2, 0.25) is 0 Å². The first-order valence-corrected chi connectivity index (χ1v) is 11.2. The van der Waals surface area contributed by atoms with Crippen molar-refractivity contribution >= 4 is 17.8 Å². The summed E-state index contributed by atoms with van der Waals surface area (Å²) in [6.45, 7) is 0. The lowest BCUT2D eigenvalue weighted by molar-refractivity contribution is -0.135. The number of fused-ring (bicyclic) bond motifs is 3. The van der Waals surface area contributed by atoms with Crippen molar-refractivity contribution < 1.29 is 38.0 Å². The Hall–Kier alpha value is -4.46. The van der Waals surface area contributed by atoms with E-state index < -0.39 is 11.9 Å². The molecule has 0 bridgehead atoms. The average molecular weight is 488 g/mol. The zero-order valence-electron chi connectivity index (χ0n) is 20.2. The van der Waals surface area contributed by atoms with Crippen LogP contribution < -0.4 is 28.4 Å². The predicted octanol–water partition coefficient (Wildman–Crippen LogP) is 4.78. The predicted molar refractivity (Wildman–Crippen MR) is 131 cm³/mol. The second-order valence-electron chi connectivity index (χ2n) is 8.23. The van der Waals surface area contributed by atoms with E-state index in [1.807, 2.05) is 18.2 Å². The molecule has 1 unspecified atom stereocenters. The van der Waals surface area contributed by atoms with Gasteiger partial charge in [0, 0.05) is 17.0 Å². The first-order valence-electron chi connectivity index (χ1n) is 11.2. The Kier molecular flexibility index (Phi) is 6.01. The Morgan fingerprint density at radius 1 is 0.833 bits per heavy atom. The van der Waals surface area contributed by atoms with Crippen LogP contribution in [0.4, 0.5) is 0 Å². The van der Waals surface area contributed by atoms with E-state index in [1.54, 1.807) is 43.5 Å². The number of para-hydroxylation sites is 1. The molecule has 0 aliphatic carbocycles. The Bertz CT molecular complexity index is 1380. The lowest BCUT2D eigenvalue weighted by atomic mass is 9.84. The lowest BCUT2D eigenvalue weighted by Gasteiger charge is -2.27. The van der Waals surface area contributed by atoms with Crippen LogP contribution in [0.15, 0.2) is 54.3 Å². The van der Waals surface area contributed by atoms with Crippen molar-refractivity contribution in [3.8, 4) is 34.5 Å². The Morgan fingerprint density at radius 3 is 2.19 bits per heavy atom. The minimum absolute atomic E-state index is 0.0468. The number of methoxy groups -OCH3 is 4. The molecular formula is C28H24O8. The molecule has 3 aromatic carbocycles. The molecule has 2 heterocycles. The minimum atomic E-state index is -0.469. The molecule has 0 radical (unpaired) electrons. The molecule has 1 atom stereocenters. The van der Waals surface area contributed by atoms with Gasteiger partial charge in [0.2, 0.25) is 11.5 Å². The molecule has 0 spiro atoms. The summed E-state index contributed by atoms with van der Waals surface area (Å²) in [5.41, 5.74) is 2.44. The molecule has 0 fully saturated rings. The van der Waals surface area contributed by atoms with Crippen molar-refractivity contribution in [3.05, 3.63) is 76.5 Å². The van der Waals surface area contributed by atoms with Gasteiger partial charge in [-0.25, -0.2) is 0 Å². The number of allylic oxidation sites excluding steroid dienone is 1. The summed E-state index contributed by atoms with van der Waals surface area (Å²) in [4.78, 5) is 25.8. The fourth-order valence-corrected chi connectivity index (χ4v) is 4.62. The zero-order chi connectivity index (χ0) is 25.4. The zero-order valence-corrected chi connectivity index (χ0v) is 20.2. The normalized spacial score (nSPS) is 17.1. The van der Waals surface area contributed by atoms with Gasteiger partial charge in [-0.2, -0.15) is 0 Å². The van der Waals surface area contributed by atoms with E-state index in [0.717, 1.165) is 5.56 Å². The van der Waals surface area contributed by atoms with Crippen LogP contribution >= 0.6 is 0 Å². The summed E-state index contributed by atoms with van der Waals surface area (Å²) < 4.78 is 33.5. The first-order chi connectivity index (χ1) is 17.5. The van der Waals surface area contributed by atoms with Gasteiger partial charge < -0.3 is 28.4 Å². The lowest BCUT2D eigenvalue weighted by Crippen LogP contribution is -2.21. The third kappa shape index (κ3) is 3.80. The number of ketones is 1. The summed E-state index contributed by atoms with van der Waals surface area (Å²) in [6, 6.07) is 14.2. The van der Waals surface area contributed by atoms with Crippen LogP contribution in [-0.4, -0.2) is 40.2 Å². The molecular weight excluding hydrogens is 464 g/mol. The van der Waals surface area contributed by atoms with Gasteiger partial charge in [-0.3, -0.25) is 9.59 Å². The summed E-state index contributed by atoms with van der Waals surface area (Å²) in [5.74, 6) is 1.70. The standard InChI is InChI=1S/C28H24O8/c1-31-19-8-6-5-7-15(19)11-21-26(30)17-9-10-20-25(27(17)36-21)18(14-24(29)35-20)16-12-22(32-2)28(34-4)23(13-16)33-3/h5-13,18H,14H2,1-4H3/b21-11-. The van der Waals surface area contributed by atoms with Crippen molar-refractivity contribution in [2.45, 2.75) is 12.3 Å². The van der Waals surface area contributed by atoms with Crippen molar-refractivity contribution in [1.82, 2.24) is 0 Å². The van der Waals surface area contributed by atoms with E-state index >= 15 is 0 Å². The number of carbonyl (C=O) groups excluding carboxylic acids is 2. The fraction of sp³-hybridized carbons (Fsp3) is 0.214. The van der Waals surface area contributed by atoms with E-state index in [9.17, 15) is 9.59 Å². The van der Waals surface area contributed by atoms with E-state index in [2.05, 4.69) is 0 Å². The molecule has 8 nitrogen and oxygen atoms in total. The van der Waals surface area contributed by atoms with Crippen LogP contribution in [0.1, 0.15) is 39.4 Å². The molecule has 2 aliphatic heterocycles. The van der Waals surface area contributed by atoms with Gasteiger partial charge >= 0.3 is 5.97 Å². The topological polar surface area (TPSA) is 89.5 Å². The molecule has 0 amide bonds. The number of ether oxygens (including phenoxy) is 6. The van der Waals surface area contributed by atoms with Crippen LogP contribution in [0.5, 0.6) is 34.5 Å². The number of carbonyl (C=O) groups is 2. The number of Topliss-reactive ketones (excluding diaryl/α,β-unsaturated/α-hetero) is 1. The Balaban J connectivity index is 1.64. The summed E-state index contributed by atoms with van der Waals surface area (Å²) in [7, 11) is 6.14. The number of hydrogen-bond acceptors (Lipinski definition) is 8. The van der Waals surface area contributed by atoms with Crippen LogP contribution in [-0.2, 0) is 4.79 Å². The largest absolute Gasteiger partial charge is 0.496 e. The maximum absolute atomic E-state index is 13.3. The maximum atomic E-state index is 13.3. The van der Waals surface area contributed by atoms with Gasteiger partial charge in [0.05, 0.1) is 40.4 Å². The summed E-state index contributed by atoms with van der Waals surface area (Å²) in [6.07, 6.45) is 1.70. The van der Waals surface area contributed by atoms with Gasteiger partial charge in [0.25, 0.3) is 0 Å². The van der Waals surface area contributed by atoms with Gasteiger partial charge in [-0.15, -0.1) is 0 Å². The van der Waals surface area contributed by atoms with Crippen molar-refractivity contribution in [2.75, 3.05) is 28.4 Å². The van der Waals surface area contributed by atoms with Crippen LogP contribution in [0, 0.1) is 0 Å². The van der Waals surface area contributed by atoms with Gasteiger partial charge in [-0.1, -0.05) is 18.2 Å². The van der Waals surface area contributed by atoms with Gasteiger partial charge in [-0.05, 0) is 42.0 Å². The third-order valence-electron chi connectivity index (χ3n) is 6.29. The highest BCUT2D eigenvalue weighted by Gasteiger charge is 2.39. The highest BCUT2D eigenvalue weighted by Crippen LogP contribution is 2.51. The monoisotopic (exact) mass is 488 g/mol. The van der Waals surface area contributed by atoms with Crippen molar-refractivity contribution in [2.24, 2.45) is 0 Å². The second-order valence-corrected chi connectivity index (χ2v) is 8.23. The molecule has 0 saturated carbocycles. The SMILES string of the molecule is COc1ccccc1/C=C1\Oc2c(ccc3c2C(c2cc(OC)c(OC)c(OC)c2)CC(=O)O3)C1=O. The number of rotatable bonds is 6. The van der Waals surface area contributed by atoms with Crippen LogP contribution in [0.3, 0.4) is 0 Å². The van der Waals surface area contributed by atoms with Crippen molar-refractivity contribution in [3.63, 3.8) is 0 Å². The fourth-order valence-electron chi connectivity index (χ4n) is 4.62. The Morgan fingerprint density at radius 2 is 1.53 bits per heavy atom. The van der Waals surface area contributed by atoms with E-state index in [4.69, 9.17) is 28.4 Å². The van der Waals surface area contributed by atoms with E-state index in [1.165, 1.54) is 21.3 Å². The number of esters is 1. The molecule has 0 saturated heterocycles. The number of benzene rings is 3. The molecule has 0 N–H and O–H groups in total. The van der Waals surface area contributed by atoms with Gasteiger partial charge in [0.1, 0.15) is 17.2 Å². The number of hydrogen-bond donors (Lipinski definition) is 0. The summed E-state index contributed by atoms with van der Waals surface area (Å²) >= 11 is 0. The summed E-state index contributed by atoms with van der Waals surface area (Å²) in [5, 5.41) is 0. The second kappa shape index (κ2) is 9.30. The van der Waals surface area contributed by atoms with Gasteiger partial charge in [0.15, 0.2) is 17.3 Å². The van der Waals surface area contributed by atoms with Crippen LogP contribution in [0.25, 0.3) is 6.08 Å². The molecule has 5 rings (SSSR count). The Labute approximate surface area is 207 Å². The van der Waals surface area contributed by atoms with E-state index in [-0.39, 0.29) is 18.0 Å². The maximum Gasteiger partial charge on any atom is 0.312 e. The van der Waals surface area contributed by atoms with E-state index in [0.29, 0.717) is 51.2 Å². The third-order valence-corrected chi connectivity index (χ3v) is 6.29. The molecule has 0 aromatic heterocycles.